The van der Waals surface area contributed by atoms with Crippen LogP contribution in [0.5, 0.6) is 0 Å². The molecule has 0 saturated carbocycles. The quantitative estimate of drug-likeness (QED) is 0.643. The van der Waals surface area contributed by atoms with Gasteiger partial charge >= 0.3 is 12.0 Å². The lowest BCUT2D eigenvalue weighted by atomic mass is 10.3. The highest BCUT2D eigenvalue weighted by Crippen LogP contribution is 2.12. The standard InChI is InChI=1S/C16H13FN2O4S/c17-12-5-1-2-6-13(12)18-16(22)19-14(20)10-23-15(21)8-7-11-4-3-9-24-11/h1-9H,10H2,(H2,18,19,20,22)/b8-7-. The number of ether oxygens (including phenoxy) is 1. The molecule has 1 aromatic carbocycles. The summed E-state index contributed by atoms with van der Waals surface area (Å²) in [5.74, 6) is -2.18. The molecule has 1 heterocycles. The van der Waals surface area contributed by atoms with Gasteiger partial charge in [-0.3, -0.25) is 10.1 Å². The number of thiophene rings is 1. The lowest BCUT2D eigenvalue weighted by Gasteiger charge is -2.07. The van der Waals surface area contributed by atoms with Gasteiger partial charge in [0.15, 0.2) is 6.61 Å². The van der Waals surface area contributed by atoms with E-state index in [9.17, 15) is 18.8 Å². The van der Waals surface area contributed by atoms with Crippen molar-refractivity contribution in [2.24, 2.45) is 0 Å². The molecule has 2 N–H and O–H groups in total. The van der Waals surface area contributed by atoms with Crippen LogP contribution in [-0.2, 0) is 14.3 Å². The fourth-order valence-electron chi connectivity index (χ4n) is 1.60. The van der Waals surface area contributed by atoms with Gasteiger partial charge in [-0.15, -0.1) is 11.3 Å². The third-order valence-corrected chi connectivity index (χ3v) is 3.48. The molecule has 0 aliphatic heterocycles. The van der Waals surface area contributed by atoms with Crippen molar-refractivity contribution >= 4 is 41.0 Å². The first-order valence-electron chi connectivity index (χ1n) is 6.78. The summed E-state index contributed by atoms with van der Waals surface area (Å²) in [5, 5.41) is 5.95. The van der Waals surface area contributed by atoms with Crippen molar-refractivity contribution in [3.05, 3.63) is 58.5 Å². The summed E-state index contributed by atoms with van der Waals surface area (Å²) >= 11 is 1.44. The Morgan fingerprint density at radius 2 is 1.96 bits per heavy atom. The van der Waals surface area contributed by atoms with Crippen LogP contribution in [0.15, 0.2) is 47.9 Å². The van der Waals surface area contributed by atoms with E-state index in [2.05, 4.69) is 10.1 Å². The van der Waals surface area contributed by atoms with Crippen LogP contribution in [0.4, 0.5) is 14.9 Å². The van der Waals surface area contributed by atoms with Crippen molar-refractivity contribution in [2.75, 3.05) is 11.9 Å². The van der Waals surface area contributed by atoms with Gasteiger partial charge in [-0.05, 0) is 29.7 Å². The maximum atomic E-state index is 13.3. The third-order valence-electron chi connectivity index (χ3n) is 2.65. The average Bonchev–Trinajstić information content (AvgIpc) is 3.06. The smallest absolute Gasteiger partial charge is 0.331 e. The Bertz CT molecular complexity index is 759. The first kappa shape index (κ1) is 17.4. The lowest BCUT2D eigenvalue weighted by molar-refractivity contribution is -0.143. The number of imide groups is 1. The van der Waals surface area contributed by atoms with Crippen LogP contribution < -0.4 is 10.6 Å². The third kappa shape index (κ3) is 5.65. The van der Waals surface area contributed by atoms with Gasteiger partial charge in [-0.25, -0.2) is 14.0 Å². The molecule has 0 radical (unpaired) electrons. The van der Waals surface area contributed by atoms with Crippen molar-refractivity contribution in [2.45, 2.75) is 0 Å². The summed E-state index contributed by atoms with van der Waals surface area (Å²) in [6.45, 7) is -0.627. The van der Waals surface area contributed by atoms with Crippen LogP contribution in [0, 0.1) is 5.82 Å². The number of hydrogen-bond donors (Lipinski definition) is 2. The number of carbonyl (C=O) groups is 3. The van der Waals surface area contributed by atoms with Gasteiger partial charge in [0, 0.05) is 11.0 Å². The van der Waals surface area contributed by atoms with E-state index in [1.165, 1.54) is 41.7 Å². The predicted molar refractivity (Wildman–Crippen MR) is 87.9 cm³/mol. The number of amides is 3. The molecule has 0 aliphatic rings. The van der Waals surface area contributed by atoms with Gasteiger partial charge in [-0.1, -0.05) is 18.2 Å². The Balaban J connectivity index is 1.73. The number of rotatable bonds is 5. The highest BCUT2D eigenvalue weighted by molar-refractivity contribution is 7.10. The second kappa shape index (κ2) is 8.59. The van der Waals surface area contributed by atoms with Gasteiger partial charge in [0.05, 0.1) is 5.69 Å². The van der Waals surface area contributed by atoms with E-state index in [1.54, 1.807) is 6.08 Å². The molecule has 2 rings (SSSR count). The van der Waals surface area contributed by atoms with E-state index in [0.717, 1.165) is 4.88 Å². The Morgan fingerprint density at radius 1 is 1.17 bits per heavy atom. The largest absolute Gasteiger partial charge is 0.452 e. The normalized spacial score (nSPS) is 10.4. The Kier molecular flexibility index (Phi) is 6.21. The number of esters is 1. The SMILES string of the molecule is O=C(COC(=O)/C=C\c1cccs1)NC(=O)Nc1ccccc1F. The molecule has 0 fully saturated rings. The maximum Gasteiger partial charge on any atom is 0.331 e. The zero-order valence-electron chi connectivity index (χ0n) is 12.3. The summed E-state index contributed by atoms with van der Waals surface area (Å²) in [4.78, 5) is 35.3. The van der Waals surface area contributed by atoms with Crippen LogP contribution in [-0.4, -0.2) is 24.5 Å². The minimum atomic E-state index is -0.921. The number of para-hydroxylation sites is 1. The maximum absolute atomic E-state index is 13.3. The van der Waals surface area contributed by atoms with Crippen LogP contribution >= 0.6 is 11.3 Å². The minimum absolute atomic E-state index is 0.0707. The van der Waals surface area contributed by atoms with Crippen LogP contribution in [0.25, 0.3) is 6.08 Å². The molecule has 24 heavy (non-hydrogen) atoms. The number of benzene rings is 1. The minimum Gasteiger partial charge on any atom is -0.452 e. The van der Waals surface area contributed by atoms with Crippen LogP contribution in [0.3, 0.4) is 0 Å². The number of halogens is 1. The fourth-order valence-corrected chi connectivity index (χ4v) is 2.22. The molecule has 1 aromatic heterocycles. The number of anilines is 1. The molecule has 0 bridgehead atoms. The molecule has 2 aromatic rings. The topological polar surface area (TPSA) is 84.5 Å². The highest BCUT2D eigenvalue weighted by atomic mass is 32.1. The Hall–Kier alpha value is -3.00. The average molecular weight is 348 g/mol. The molecule has 3 amide bonds. The molecular formula is C16H13FN2O4S. The van der Waals surface area contributed by atoms with Gasteiger partial charge in [0.25, 0.3) is 5.91 Å². The Labute approximate surface area is 140 Å². The van der Waals surface area contributed by atoms with E-state index in [0.29, 0.717) is 0 Å². The Morgan fingerprint density at radius 3 is 2.67 bits per heavy atom. The molecule has 0 spiro atoms. The molecule has 8 heteroatoms. The molecule has 6 nitrogen and oxygen atoms in total. The fraction of sp³-hybridized carbons (Fsp3) is 0.0625. The van der Waals surface area contributed by atoms with E-state index >= 15 is 0 Å². The van der Waals surface area contributed by atoms with Gasteiger partial charge in [0.2, 0.25) is 0 Å². The summed E-state index contributed by atoms with van der Waals surface area (Å²) in [5.41, 5.74) is -0.0707. The summed E-state index contributed by atoms with van der Waals surface area (Å²) in [6, 6.07) is 8.23. The van der Waals surface area contributed by atoms with E-state index < -0.39 is 30.3 Å². The predicted octanol–water partition coefficient (Wildman–Crippen LogP) is 2.79. The zero-order chi connectivity index (χ0) is 17.4. The van der Waals surface area contributed by atoms with Crippen LogP contribution in [0.2, 0.25) is 0 Å². The molecule has 0 unspecified atom stereocenters. The van der Waals surface area contributed by atoms with Crippen molar-refractivity contribution < 1.29 is 23.5 Å². The molecule has 0 saturated heterocycles. The van der Waals surface area contributed by atoms with Gasteiger partial charge < -0.3 is 10.1 Å². The first-order valence-corrected chi connectivity index (χ1v) is 7.66. The monoisotopic (exact) mass is 348 g/mol. The number of nitrogens with one attached hydrogen (secondary N) is 2. The summed E-state index contributed by atoms with van der Waals surface area (Å²) < 4.78 is 18.0. The van der Waals surface area contributed by atoms with Gasteiger partial charge in [-0.2, -0.15) is 0 Å². The van der Waals surface area contributed by atoms with Gasteiger partial charge in [0.1, 0.15) is 5.82 Å². The van der Waals surface area contributed by atoms with E-state index in [-0.39, 0.29) is 5.69 Å². The molecule has 0 atom stereocenters. The second-order valence-corrected chi connectivity index (χ2v) is 5.42. The van der Waals surface area contributed by atoms with Crippen molar-refractivity contribution in [3.63, 3.8) is 0 Å². The number of hydrogen-bond acceptors (Lipinski definition) is 5. The van der Waals surface area contributed by atoms with Crippen molar-refractivity contribution in [1.82, 2.24) is 5.32 Å². The van der Waals surface area contributed by atoms with E-state index in [4.69, 9.17) is 0 Å². The van der Waals surface area contributed by atoms with Crippen LogP contribution in [0.1, 0.15) is 4.88 Å². The molecule has 124 valence electrons. The van der Waals surface area contributed by atoms with Crippen molar-refractivity contribution in [3.8, 4) is 0 Å². The first-order chi connectivity index (χ1) is 11.5. The van der Waals surface area contributed by atoms with E-state index in [1.807, 2.05) is 22.8 Å². The second-order valence-electron chi connectivity index (χ2n) is 4.44. The number of urea groups is 1. The highest BCUT2D eigenvalue weighted by Gasteiger charge is 2.11. The summed E-state index contributed by atoms with van der Waals surface area (Å²) in [6.07, 6.45) is 2.73. The van der Waals surface area contributed by atoms with Crippen molar-refractivity contribution in [1.29, 1.82) is 0 Å². The summed E-state index contributed by atoms with van der Waals surface area (Å²) in [7, 11) is 0. The number of carbonyl (C=O) groups excluding carboxylic acids is 3. The zero-order valence-corrected chi connectivity index (χ0v) is 13.1. The lowest BCUT2D eigenvalue weighted by Crippen LogP contribution is -2.37. The molecule has 0 aliphatic carbocycles. The molecular weight excluding hydrogens is 335 g/mol.